The molecule has 0 aromatic heterocycles. The molecule has 76 valence electrons. The third-order valence-electron chi connectivity index (χ3n) is 2.50. The summed E-state index contributed by atoms with van der Waals surface area (Å²) < 4.78 is 10.5. The highest BCUT2D eigenvalue weighted by molar-refractivity contribution is 4.83. The Balaban J connectivity index is 2.42. The maximum atomic E-state index is 9.50. The minimum atomic E-state index is -0.484. The summed E-state index contributed by atoms with van der Waals surface area (Å²) in [5, 5.41) is 9.50. The second-order valence-electron chi connectivity index (χ2n) is 3.58. The molecule has 0 aliphatic carbocycles. The molecule has 0 bridgehead atoms. The predicted molar refractivity (Wildman–Crippen MR) is 50.3 cm³/mol. The summed E-state index contributed by atoms with van der Waals surface area (Å²) in [5.41, 5.74) is 0. The third-order valence-corrected chi connectivity index (χ3v) is 2.50. The van der Waals surface area contributed by atoms with Gasteiger partial charge in [0.25, 0.3) is 0 Å². The average molecular weight is 186 g/mol. The highest BCUT2D eigenvalue weighted by atomic mass is 16.7. The van der Waals surface area contributed by atoms with Crippen molar-refractivity contribution in [3.63, 3.8) is 0 Å². The van der Waals surface area contributed by atoms with Crippen molar-refractivity contribution in [1.82, 2.24) is 0 Å². The Bertz CT molecular complexity index is 170. The van der Waals surface area contributed by atoms with Crippen LogP contribution in [0.2, 0.25) is 0 Å². The summed E-state index contributed by atoms with van der Waals surface area (Å²) in [5.74, 6) is 0.396. The van der Waals surface area contributed by atoms with Gasteiger partial charge in [-0.05, 0) is 12.3 Å². The van der Waals surface area contributed by atoms with Crippen molar-refractivity contribution in [3.8, 4) is 0 Å². The lowest BCUT2D eigenvalue weighted by Gasteiger charge is -2.17. The van der Waals surface area contributed by atoms with Gasteiger partial charge < -0.3 is 14.6 Å². The van der Waals surface area contributed by atoms with Crippen LogP contribution >= 0.6 is 0 Å². The molecule has 1 heterocycles. The normalized spacial score (nSPS) is 36.1. The van der Waals surface area contributed by atoms with E-state index in [0.717, 1.165) is 6.42 Å². The van der Waals surface area contributed by atoms with Crippen LogP contribution in [0.15, 0.2) is 12.7 Å². The minimum Gasteiger partial charge on any atom is -0.388 e. The van der Waals surface area contributed by atoms with Crippen LogP contribution in [0, 0.1) is 5.92 Å². The van der Waals surface area contributed by atoms with Gasteiger partial charge in [0.2, 0.25) is 0 Å². The quantitative estimate of drug-likeness (QED) is 0.673. The Morgan fingerprint density at radius 2 is 2.46 bits per heavy atom. The van der Waals surface area contributed by atoms with Crippen molar-refractivity contribution >= 4 is 0 Å². The summed E-state index contributed by atoms with van der Waals surface area (Å²) in [6.07, 6.45) is 2.61. The van der Waals surface area contributed by atoms with E-state index in [1.54, 1.807) is 7.11 Å². The maximum absolute atomic E-state index is 9.50. The van der Waals surface area contributed by atoms with Gasteiger partial charge in [0, 0.05) is 13.5 Å². The zero-order valence-electron chi connectivity index (χ0n) is 8.27. The molecule has 13 heavy (non-hydrogen) atoms. The summed E-state index contributed by atoms with van der Waals surface area (Å²) >= 11 is 0. The van der Waals surface area contributed by atoms with Gasteiger partial charge in [-0.2, -0.15) is 0 Å². The molecular formula is C10H18O3. The molecule has 1 saturated heterocycles. The van der Waals surface area contributed by atoms with Crippen LogP contribution in [0.4, 0.5) is 0 Å². The molecule has 1 N–H and O–H groups in total. The maximum Gasteiger partial charge on any atom is 0.183 e. The number of ether oxygens (including phenoxy) is 2. The summed E-state index contributed by atoms with van der Waals surface area (Å²) in [7, 11) is 1.55. The first-order chi connectivity index (χ1) is 6.19. The van der Waals surface area contributed by atoms with E-state index < -0.39 is 12.4 Å². The van der Waals surface area contributed by atoms with Crippen molar-refractivity contribution in [1.29, 1.82) is 0 Å². The van der Waals surface area contributed by atoms with Gasteiger partial charge in [0.15, 0.2) is 6.29 Å². The van der Waals surface area contributed by atoms with Crippen molar-refractivity contribution in [2.24, 2.45) is 5.92 Å². The molecule has 3 nitrogen and oxygen atoms in total. The lowest BCUT2D eigenvalue weighted by atomic mass is 9.98. The van der Waals surface area contributed by atoms with Gasteiger partial charge in [-0.25, -0.2) is 0 Å². The number of hydrogen-bond acceptors (Lipinski definition) is 3. The van der Waals surface area contributed by atoms with Gasteiger partial charge in [0.05, 0.1) is 6.10 Å². The second-order valence-corrected chi connectivity index (χ2v) is 3.58. The Labute approximate surface area is 79.3 Å². The molecule has 1 aliphatic heterocycles. The van der Waals surface area contributed by atoms with Crippen LogP contribution in [-0.2, 0) is 9.47 Å². The van der Waals surface area contributed by atoms with Crippen LogP contribution in [0.5, 0.6) is 0 Å². The van der Waals surface area contributed by atoms with Crippen LogP contribution in [0.3, 0.4) is 0 Å². The van der Waals surface area contributed by atoms with E-state index in [1.807, 2.05) is 6.08 Å². The van der Waals surface area contributed by atoms with E-state index in [4.69, 9.17) is 9.47 Å². The lowest BCUT2D eigenvalue weighted by molar-refractivity contribution is -0.154. The lowest BCUT2D eigenvalue weighted by Crippen LogP contribution is -2.22. The van der Waals surface area contributed by atoms with Gasteiger partial charge >= 0.3 is 0 Å². The molecule has 0 spiro atoms. The Kier molecular flexibility index (Phi) is 3.90. The highest BCUT2D eigenvalue weighted by Crippen LogP contribution is 2.27. The number of rotatable bonds is 4. The first-order valence-corrected chi connectivity index (χ1v) is 4.66. The van der Waals surface area contributed by atoms with E-state index in [9.17, 15) is 5.11 Å². The summed E-state index contributed by atoms with van der Waals surface area (Å²) in [4.78, 5) is 0. The minimum absolute atomic E-state index is 0.0953. The summed E-state index contributed by atoms with van der Waals surface area (Å²) in [6, 6.07) is 0. The largest absolute Gasteiger partial charge is 0.388 e. The van der Waals surface area contributed by atoms with Gasteiger partial charge in [0.1, 0.15) is 6.10 Å². The number of methoxy groups -OCH3 is 1. The van der Waals surface area contributed by atoms with Gasteiger partial charge in [-0.3, -0.25) is 0 Å². The molecule has 0 radical (unpaired) electrons. The van der Waals surface area contributed by atoms with Crippen LogP contribution in [0.1, 0.15) is 19.8 Å². The Morgan fingerprint density at radius 3 is 2.92 bits per heavy atom. The van der Waals surface area contributed by atoms with Gasteiger partial charge in [-0.15, -0.1) is 6.58 Å². The highest BCUT2D eigenvalue weighted by Gasteiger charge is 2.36. The molecule has 0 aromatic rings. The molecule has 1 fully saturated rings. The summed E-state index contributed by atoms with van der Waals surface area (Å²) in [6.45, 7) is 5.78. The smallest absolute Gasteiger partial charge is 0.183 e. The molecule has 0 aromatic carbocycles. The van der Waals surface area contributed by atoms with E-state index >= 15 is 0 Å². The zero-order chi connectivity index (χ0) is 9.84. The monoisotopic (exact) mass is 186 g/mol. The van der Waals surface area contributed by atoms with Crippen LogP contribution < -0.4 is 0 Å². The number of allylic oxidation sites excluding steroid dienone is 1. The number of aliphatic hydroxyl groups excluding tert-OH is 1. The van der Waals surface area contributed by atoms with Crippen LogP contribution in [-0.4, -0.2) is 30.7 Å². The third kappa shape index (κ3) is 2.53. The molecular weight excluding hydrogens is 168 g/mol. The molecule has 0 amide bonds. The standard InChI is InChI=1S/C10H18O3/c1-4-5-7(2)9-6-8(11)10(12-3)13-9/h4,7-11H,1,5-6H2,2-3H3/t7-,8-,9+,10?/m1/s1. The van der Waals surface area contributed by atoms with Crippen molar-refractivity contribution in [3.05, 3.63) is 12.7 Å². The molecule has 1 aliphatic rings. The second kappa shape index (κ2) is 4.74. The average Bonchev–Trinajstić information content (AvgIpc) is 2.47. The fraction of sp³-hybridized carbons (Fsp3) is 0.800. The number of hydrogen-bond donors (Lipinski definition) is 1. The Morgan fingerprint density at radius 1 is 1.77 bits per heavy atom. The van der Waals surface area contributed by atoms with Crippen LogP contribution in [0.25, 0.3) is 0 Å². The van der Waals surface area contributed by atoms with E-state index in [1.165, 1.54) is 0 Å². The molecule has 0 saturated carbocycles. The van der Waals surface area contributed by atoms with Crippen molar-refractivity contribution in [2.75, 3.05) is 7.11 Å². The van der Waals surface area contributed by atoms with Gasteiger partial charge in [-0.1, -0.05) is 13.0 Å². The van der Waals surface area contributed by atoms with Crippen molar-refractivity contribution in [2.45, 2.75) is 38.3 Å². The molecule has 1 rings (SSSR count). The molecule has 1 unspecified atom stereocenters. The molecule has 3 heteroatoms. The van der Waals surface area contributed by atoms with E-state index in [-0.39, 0.29) is 6.10 Å². The SMILES string of the molecule is C=CC[C@@H](C)[C@@H]1C[C@@H](O)C(OC)O1. The fourth-order valence-corrected chi connectivity index (χ4v) is 1.66. The molecule has 4 atom stereocenters. The fourth-order valence-electron chi connectivity index (χ4n) is 1.66. The first kappa shape index (κ1) is 10.7. The van der Waals surface area contributed by atoms with Crippen molar-refractivity contribution < 1.29 is 14.6 Å². The topological polar surface area (TPSA) is 38.7 Å². The number of aliphatic hydroxyl groups is 1. The Hall–Kier alpha value is -0.380. The first-order valence-electron chi connectivity index (χ1n) is 4.66. The zero-order valence-corrected chi connectivity index (χ0v) is 8.27. The predicted octanol–water partition coefficient (Wildman–Crippen LogP) is 1.32. The van der Waals surface area contributed by atoms with E-state index in [2.05, 4.69) is 13.5 Å². The van der Waals surface area contributed by atoms with E-state index in [0.29, 0.717) is 12.3 Å².